The van der Waals surface area contributed by atoms with Crippen LogP contribution in [0.5, 0.6) is 0 Å². The number of rotatable bonds is 5. The highest BCUT2D eigenvalue weighted by Crippen LogP contribution is 2.27. The van der Waals surface area contributed by atoms with Gasteiger partial charge in [-0.2, -0.15) is 15.0 Å². The summed E-state index contributed by atoms with van der Waals surface area (Å²) < 4.78 is 0. The largest absolute Gasteiger partial charge is 0.481 e. The molecule has 25 heavy (non-hydrogen) atoms. The predicted molar refractivity (Wildman–Crippen MR) is 97.1 cm³/mol. The first-order chi connectivity index (χ1) is 12.2. The van der Waals surface area contributed by atoms with Crippen LogP contribution >= 0.6 is 0 Å². The van der Waals surface area contributed by atoms with Gasteiger partial charge in [-0.15, -0.1) is 0 Å². The Morgan fingerprint density at radius 2 is 1.64 bits per heavy atom. The number of nitrogens with zero attached hydrogens (tertiary/aromatic N) is 4. The van der Waals surface area contributed by atoms with Crippen molar-refractivity contribution in [2.45, 2.75) is 57.4 Å². The fourth-order valence-electron chi connectivity index (χ4n) is 3.62. The molecule has 8 nitrogen and oxygen atoms in total. The summed E-state index contributed by atoms with van der Waals surface area (Å²) in [4.78, 5) is 26.9. The van der Waals surface area contributed by atoms with Crippen LogP contribution in [0.2, 0.25) is 0 Å². The van der Waals surface area contributed by atoms with Crippen molar-refractivity contribution in [3.8, 4) is 0 Å². The lowest BCUT2D eigenvalue weighted by Gasteiger charge is -2.27. The molecule has 1 saturated heterocycles. The molecule has 8 heteroatoms. The van der Waals surface area contributed by atoms with Crippen LogP contribution in [0.15, 0.2) is 0 Å². The molecule has 1 aliphatic heterocycles. The molecule has 1 saturated carbocycles. The second-order valence-electron chi connectivity index (χ2n) is 6.97. The quantitative estimate of drug-likeness (QED) is 0.745. The smallest absolute Gasteiger partial charge is 0.306 e. The summed E-state index contributed by atoms with van der Waals surface area (Å²) in [5.41, 5.74) is 0. The molecule has 0 bridgehead atoms. The SMILES string of the molecule is CNc1nc(N[C@H]2CC[C@@H](C(=O)O)CC2)nc(N2CCCCCC2)n1. The van der Waals surface area contributed by atoms with Crippen LogP contribution in [0.3, 0.4) is 0 Å². The molecule has 0 atom stereocenters. The average molecular weight is 348 g/mol. The van der Waals surface area contributed by atoms with Gasteiger partial charge in [-0.25, -0.2) is 0 Å². The zero-order valence-electron chi connectivity index (χ0n) is 14.9. The number of anilines is 3. The third-order valence-corrected chi connectivity index (χ3v) is 5.15. The maximum atomic E-state index is 11.1. The van der Waals surface area contributed by atoms with Crippen molar-refractivity contribution >= 4 is 23.8 Å². The first-order valence-electron chi connectivity index (χ1n) is 9.34. The molecule has 3 rings (SSSR count). The first-order valence-corrected chi connectivity index (χ1v) is 9.34. The zero-order chi connectivity index (χ0) is 17.6. The Hall–Kier alpha value is -2.12. The highest BCUT2D eigenvalue weighted by Gasteiger charge is 2.26. The number of carboxylic acids is 1. The van der Waals surface area contributed by atoms with E-state index in [-0.39, 0.29) is 12.0 Å². The molecule has 3 N–H and O–H groups in total. The minimum atomic E-state index is -0.681. The molecule has 1 aromatic heterocycles. The normalized spacial score (nSPS) is 24.4. The molecule has 0 spiro atoms. The van der Waals surface area contributed by atoms with Crippen molar-refractivity contribution in [1.29, 1.82) is 0 Å². The summed E-state index contributed by atoms with van der Waals surface area (Å²) in [7, 11) is 1.81. The van der Waals surface area contributed by atoms with Gasteiger partial charge >= 0.3 is 5.97 Å². The van der Waals surface area contributed by atoms with Crippen molar-refractivity contribution in [2.75, 3.05) is 35.7 Å². The van der Waals surface area contributed by atoms with Crippen molar-refractivity contribution in [2.24, 2.45) is 5.92 Å². The number of hydrogen-bond acceptors (Lipinski definition) is 7. The summed E-state index contributed by atoms with van der Waals surface area (Å²) in [6.45, 7) is 1.96. The molecule has 138 valence electrons. The first kappa shape index (κ1) is 17.7. The fourth-order valence-corrected chi connectivity index (χ4v) is 3.62. The van der Waals surface area contributed by atoms with Gasteiger partial charge in [0.05, 0.1) is 5.92 Å². The van der Waals surface area contributed by atoms with Crippen molar-refractivity contribution in [3.05, 3.63) is 0 Å². The monoisotopic (exact) mass is 348 g/mol. The summed E-state index contributed by atoms with van der Waals surface area (Å²) in [6, 6.07) is 0.222. The van der Waals surface area contributed by atoms with E-state index < -0.39 is 5.97 Å². The van der Waals surface area contributed by atoms with E-state index in [4.69, 9.17) is 5.11 Å². The molecule has 2 heterocycles. The highest BCUT2D eigenvalue weighted by atomic mass is 16.4. The van der Waals surface area contributed by atoms with Gasteiger partial charge in [-0.1, -0.05) is 12.8 Å². The van der Waals surface area contributed by atoms with Crippen LogP contribution < -0.4 is 15.5 Å². The lowest BCUT2D eigenvalue weighted by molar-refractivity contribution is -0.142. The van der Waals surface area contributed by atoms with Crippen LogP contribution in [0, 0.1) is 5.92 Å². The van der Waals surface area contributed by atoms with E-state index in [0.717, 1.165) is 31.9 Å². The minimum Gasteiger partial charge on any atom is -0.481 e. The van der Waals surface area contributed by atoms with E-state index in [1.54, 1.807) is 0 Å². The average Bonchev–Trinajstić information content (AvgIpc) is 2.91. The molecule has 2 fully saturated rings. The third-order valence-electron chi connectivity index (χ3n) is 5.15. The lowest BCUT2D eigenvalue weighted by Crippen LogP contribution is -2.31. The molecule has 0 amide bonds. The number of carbonyl (C=O) groups is 1. The van der Waals surface area contributed by atoms with Crippen molar-refractivity contribution in [3.63, 3.8) is 0 Å². The molecule has 0 aromatic carbocycles. The number of hydrogen-bond donors (Lipinski definition) is 3. The Kier molecular flexibility index (Phi) is 5.88. The molecule has 2 aliphatic rings. The third kappa shape index (κ3) is 4.70. The van der Waals surface area contributed by atoms with Gasteiger partial charge in [0.1, 0.15) is 0 Å². The highest BCUT2D eigenvalue weighted by molar-refractivity contribution is 5.70. The zero-order valence-corrected chi connectivity index (χ0v) is 14.9. The predicted octanol–water partition coefficient (Wildman–Crippen LogP) is 2.35. The number of carboxylic acid groups (broad SMARTS) is 1. The Balaban J connectivity index is 1.68. The van der Waals surface area contributed by atoms with Gasteiger partial charge in [-0.3, -0.25) is 4.79 Å². The second kappa shape index (κ2) is 8.31. The molecular formula is C17H28N6O2. The Morgan fingerprint density at radius 1 is 1.00 bits per heavy atom. The van der Waals surface area contributed by atoms with E-state index >= 15 is 0 Å². The van der Waals surface area contributed by atoms with Gasteiger partial charge in [0.15, 0.2) is 0 Å². The maximum Gasteiger partial charge on any atom is 0.306 e. The van der Waals surface area contributed by atoms with Crippen LogP contribution in [-0.2, 0) is 4.79 Å². The van der Waals surface area contributed by atoms with Gasteiger partial charge < -0.3 is 20.6 Å². The summed E-state index contributed by atoms with van der Waals surface area (Å²) in [5.74, 6) is 0.979. The van der Waals surface area contributed by atoms with Crippen LogP contribution in [0.1, 0.15) is 51.4 Å². The van der Waals surface area contributed by atoms with Crippen molar-refractivity contribution in [1.82, 2.24) is 15.0 Å². The minimum absolute atomic E-state index is 0.211. The van der Waals surface area contributed by atoms with Gasteiger partial charge in [0.25, 0.3) is 0 Å². The van der Waals surface area contributed by atoms with E-state index in [1.807, 2.05) is 7.05 Å². The van der Waals surface area contributed by atoms with Crippen LogP contribution in [-0.4, -0.2) is 52.2 Å². The molecular weight excluding hydrogens is 320 g/mol. The van der Waals surface area contributed by atoms with E-state index in [0.29, 0.717) is 24.7 Å². The molecule has 0 unspecified atom stereocenters. The summed E-state index contributed by atoms with van der Waals surface area (Å²) in [5, 5.41) is 15.5. The molecule has 0 radical (unpaired) electrons. The van der Waals surface area contributed by atoms with Gasteiger partial charge in [0.2, 0.25) is 17.8 Å². The topological polar surface area (TPSA) is 103 Å². The molecule has 1 aromatic rings. The Morgan fingerprint density at radius 3 is 2.24 bits per heavy atom. The molecule has 1 aliphatic carbocycles. The number of nitrogens with one attached hydrogen (secondary N) is 2. The maximum absolute atomic E-state index is 11.1. The summed E-state index contributed by atoms with van der Waals surface area (Å²) in [6.07, 6.45) is 7.93. The standard InChI is InChI=1S/C17H28N6O2/c1-18-15-20-16(19-13-8-6-12(7-9-13)14(24)25)22-17(21-15)23-10-4-2-3-5-11-23/h12-13H,2-11H2,1H3,(H,24,25)(H2,18,19,20,21,22)/t12-,13+. The van der Waals surface area contributed by atoms with Crippen LogP contribution in [0.25, 0.3) is 0 Å². The van der Waals surface area contributed by atoms with E-state index in [2.05, 4.69) is 30.5 Å². The van der Waals surface area contributed by atoms with Gasteiger partial charge in [-0.05, 0) is 38.5 Å². The fraction of sp³-hybridized carbons (Fsp3) is 0.765. The van der Waals surface area contributed by atoms with E-state index in [9.17, 15) is 4.79 Å². The Bertz CT molecular complexity index is 581. The second-order valence-corrected chi connectivity index (χ2v) is 6.97. The van der Waals surface area contributed by atoms with E-state index in [1.165, 1.54) is 25.7 Å². The van der Waals surface area contributed by atoms with Crippen LogP contribution in [0.4, 0.5) is 17.8 Å². The number of aliphatic carboxylic acids is 1. The lowest BCUT2D eigenvalue weighted by atomic mass is 9.86. The summed E-state index contributed by atoms with van der Waals surface area (Å²) >= 11 is 0. The number of aromatic nitrogens is 3. The Labute approximate surface area is 148 Å². The van der Waals surface area contributed by atoms with Crippen molar-refractivity contribution < 1.29 is 9.90 Å². The van der Waals surface area contributed by atoms with Gasteiger partial charge in [0, 0.05) is 26.2 Å².